The molecule has 7 heteroatoms. The van der Waals surface area contributed by atoms with Crippen LogP contribution in [0.5, 0.6) is 5.88 Å². The molecule has 1 aliphatic carbocycles. The van der Waals surface area contributed by atoms with Crippen LogP contribution in [-0.2, 0) is 9.53 Å². The van der Waals surface area contributed by atoms with Gasteiger partial charge in [-0.3, -0.25) is 4.79 Å². The van der Waals surface area contributed by atoms with Crippen molar-refractivity contribution in [1.29, 1.82) is 0 Å². The van der Waals surface area contributed by atoms with E-state index in [0.717, 1.165) is 64.0 Å². The molecule has 1 amide bonds. The van der Waals surface area contributed by atoms with Gasteiger partial charge in [-0.2, -0.15) is 0 Å². The van der Waals surface area contributed by atoms with E-state index in [4.69, 9.17) is 9.47 Å². The molecule has 3 heterocycles. The van der Waals surface area contributed by atoms with E-state index in [1.807, 2.05) is 11.0 Å². The third kappa shape index (κ3) is 4.03. The molecule has 0 radical (unpaired) electrons. The monoisotopic (exact) mass is 374 g/mol. The molecular weight excluding hydrogens is 344 g/mol. The lowest BCUT2D eigenvalue weighted by molar-refractivity contribution is -0.128. The number of rotatable bonds is 6. The highest BCUT2D eigenvalue weighted by Crippen LogP contribution is 2.45. The zero-order valence-electron chi connectivity index (χ0n) is 16.4. The summed E-state index contributed by atoms with van der Waals surface area (Å²) < 4.78 is 11.3. The van der Waals surface area contributed by atoms with E-state index in [2.05, 4.69) is 14.9 Å². The van der Waals surface area contributed by atoms with Crippen molar-refractivity contribution in [3.05, 3.63) is 12.4 Å². The number of hydrogen-bond donors (Lipinski definition) is 0. The molecule has 1 atom stereocenters. The highest BCUT2D eigenvalue weighted by Gasteiger charge is 2.49. The van der Waals surface area contributed by atoms with Crippen LogP contribution in [-0.4, -0.2) is 67.3 Å². The van der Waals surface area contributed by atoms with Crippen molar-refractivity contribution in [2.24, 2.45) is 17.3 Å². The first kappa shape index (κ1) is 18.5. The second-order valence-electron chi connectivity index (χ2n) is 8.35. The number of carbonyl (C=O) groups is 1. The van der Waals surface area contributed by atoms with Crippen LogP contribution in [0.2, 0.25) is 0 Å². The molecule has 0 aromatic carbocycles. The number of anilines is 1. The van der Waals surface area contributed by atoms with Crippen molar-refractivity contribution < 1.29 is 14.3 Å². The van der Waals surface area contributed by atoms with Gasteiger partial charge < -0.3 is 19.3 Å². The van der Waals surface area contributed by atoms with Gasteiger partial charge in [-0.05, 0) is 37.0 Å². The highest BCUT2D eigenvalue weighted by atomic mass is 16.5. The maximum absolute atomic E-state index is 12.0. The molecule has 0 bridgehead atoms. The Hall–Kier alpha value is -1.89. The van der Waals surface area contributed by atoms with Crippen LogP contribution < -0.4 is 9.64 Å². The van der Waals surface area contributed by atoms with Gasteiger partial charge in [-0.15, -0.1) is 0 Å². The molecule has 148 valence electrons. The standard InChI is InChI=1S/C20H30N4O3/c1-15(25)24-10-17(12-27-11-16-3-4-16)20(13-24)5-7-23(8-6-20)18-9-19(26-2)22-14-21-18/h9,14,16-17H,3-8,10-13H2,1-2H3/t17-/m1/s1. The van der Waals surface area contributed by atoms with Gasteiger partial charge in [0.2, 0.25) is 11.8 Å². The molecule has 2 saturated heterocycles. The fourth-order valence-corrected chi connectivity index (χ4v) is 4.53. The number of methoxy groups -OCH3 is 1. The number of ether oxygens (including phenoxy) is 2. The SMILES string of the molecule is COc1cc(N2CCC3(CC2)CN(C(C)=O)C[C@@H]3COCC2CC2)ncn1. The summed E-state index contributed by atoms with van der Waals surface area (Å²) in [5, 5.41) is 0. The van der Waals surface area contributed by atoms with Crippen molar-refractivity contribution in [2.45, 2.75) is 32.6 Å². The smallest absolute Gasteiger partial charge is 0.219 e. The van der Waals surface area contributed by atoms with E-state index in [1.165, 1.54) is 12.8 Å². The Bertz CT molecular complexity index is 671. The minimum atomic E-state index is 0.169. The van der Waals surface area contributed by atoms with E-state index in [9.17, 15) is 4.79 Å². The van der Waals surface area contributed by atoms with E-state index in [-0.39, 0.29) is 11.3 Å². The Balaban J connectivity index is 1.41. The zero-order valence-corrected chi connectivity index (χ0v) is 16.4. The molecule has 2 aliphatic heterocycles. The Morgan fingerprint density at radius 1 is 1.26 bits per heavy atom. The number of aromatic nitrogens is 2. The first-order chi connectivity index (χ1) is 13.1. The normalized spacial score (nSPS) is 24.4. The van der Waals surface area contributed by atoms with Crippen LogP contribution >= 0.6 is 0 Å². The molecule has 3 fully saturated rings. The third-order valence-electron chi connectivity index (χ3n) is 6.55. The quantitative estimate of drug-likeness (QED) is 0.758. The van der Waals surface area contributed by atoms with Crippen LogP contribution in [0.4, 0.5) is 5.82 Å². The second kappa shape index (κ2) is 7.62. The Morgan fingerprint density at radius 3 is 2.70 bits per heavy atom. The van der Waals surface area contributed by atoms with E-state index in [1.54, 1.807) is 20.4 Å². The topological polar surface area (TPSA) is 67.8 Å². The van der Waals surface area contributed by atoms with Gasteiger partial charge in [-0.25, -0.2) is 9.97 Å². The lowest BCUT2D eigenvalue weighted by atomic mass is 9.71. The van der Waals surface area contributed by atoms with E-state index >= 15 is 0 Å². The minimum absolute atomic E-state index is 0.169. The number of piperidine rings is 1. The Morgan fingerprint density at radius 2 is 2.04 bits per heavy atom. The summed E-state index contributed by atoms with van der Waals surface area (Å²) >= 11 is 0. The van der Waals surface area contributed by atoms with Crippen molar-refractivity contribution in [3.63, 3.8) is 0 Å². The number of amides is 1. The molecule has 0 unspecified atom stereocenters. The molecule has 27 heavy (non-hydrogen) atoms. The van der Waals surface area contributed by atoms with Gasteiger partial charge in [-0.1, -0.05) is 0 Å². The van der Waals surface area contributed by atoms with Crippen LogP contribution in [0.1, 0.15) is 32.6 Å². The summed E-state index contributed by atoms with van der Waals surface area (Å²) in [5.74, 6) is 2.90. The number of nitrogens with zero attached hydrogens (tertiary/aromatic N) is 4. The summed E-state index contributed by atoms with van der Waals surface area (Å²) in [6.07, 6.45) is 6.29. The number of likely N-dealkylation sites (tertiary alicyclic amines) is 1. The van der Waals surface area contributed by atoms with E-state index in [0.29, 0.717) is 11.8 Å². The molecule has 0 N–H and O–H groups in total. The average molecular weight is 374 g/mol. The van der Waals surface area contributed by atoms with Crippen LogP contribution in [0.3, 0.4) is 0 Å². The zero-order chi connectivity index (χ0) is 18.9. The second-order valence-corrected chi connectivity index (χ2v) is 8.35. The van der Waals surface area contributed by atoms with Crippen molar-refractivity contribution in [3.8, 4) is 5.88 Å². The van der Waals surface area contributed by atoms with Gasteiger partial charge in [0.1, 0.15) is 12.1 Å². The lowest BCUT2D eigenvalue weighted by Crippen LogP contribution is -2.45. The van der Waals surface area contributed by atoms with Gasteiger partial charge in [0.25, 0.3) is 0 Å². The summed E-state index contributed by atoms with van der Waals surface area (Å²) in [4.78, 5) is 24.8. The maximum atomic E-state index is 12.0. The first-order valence-electron chi connectivity index (χ1n) is 10.0. The third-order valence-corrected chi connectivity index (χ3v) is 6.55. The van der Waals surface area contributed by atoms with Crippen molar-refractivity contribution in [2.75, 3.05) is 51.4 Å². The van der Waals surface area contributed by atoms with Crippen LogP contribution in [0.25, 0.3) is 0 Å². The fraction of sp³-hybridized carbons (Fsp3) is 0.750. The Labute approximate surface area is 161 Å². The van der Waals surface area contributed by atoms with Gasteiger partial charge in [0, 0.05) is 51.7 Å². The van der Waals surface area contributed by atoms with Crippen LogP contribution in [0, 0.1) is 17.3 Å². The fourth-order valence-electron chi connectivity index (χ4n) is 4.53. The minimum Gasteiger partial charge on any atom is -0.481 e. The van der Waals surface area contributed by atoms with Crippen molar-refractivity contribution in [1.82, 2.24) is 14.9 Å². The summed E-state index contributed by atoms with van der Waals surface area (Å²) in [7, 11) is 1.62. The van der Waals surface area contributed by atoms with Crippen LogP contribution in [0.15, 0.2) is 12.4 Å². The molecule has 1 saturated carbocycles. The molecule has 1 aromatic rings. The highest BCUT2D eigenvalue weighted by molar-refractivity contribution is 5.73. The van der Waals surface area contributed by atoms with Gasteiger partial charge >= 0.3 is 0 Å². The molecular formula is C20H30N4O3. The molecule has 3 aliphatic rings. The first-order valence-corrected chi connectivity index (χ1v) is 10.0. The summed E-state index contributed by atoms with van der Waals surface area (Å²) in [6.45, 7) is 6.92. The van der Waals surface area contributed by atoms with E-state index < -0.39 is 0 Å². The van der Waals surface area contributed by atoms with Crippen molar-refractivity contribution >= 4 is 11.7 Å². The van der Waals surface area contributed by atoms with Gasteiger partial charge in [0.15, 0.2) is 0 Å². The number of hydrogen-bond acceptors (Lipinski definition) is 6. The molecule has 4 rings (SSSR count). The van der Waals surface area contributed by atoms with Gasteiger partial charge in [0.05, 0.1) is 13.7 Å². The molecule has 1 spiro atoms. The molecule has 7 nitrogen and oxygen atoms in total. The maximum Gasteiger partial charge on any atom is 0.219 e. The summed E-state index contributed by atoms with van der Waals surface area (Å²) in [5.41, 5.74) is 0.169. The molecule has 1 aromatic heterocycles. The summed E-state index contributed by atoms with van der Waals surface area (Å²) in [6, 6.07) is 1.89. The Kier molecular flexibility index (Phi) is 5.21. The predicted octanol–water partition coefficient (Wildman–Crippen LogP) is 1.98. The predicted molar refractivity (Wildman–Crippen MR) is 102 cm³/mol. The lowest BCUT2D eigenvalue weighted by Gasteiger charge is -2.42. The number of carbonyl (C=O) groups excluding carboxylic acids is 1. The largest absolute Gasteiger partial charge is 0.481 e. The average Bonchev–Trinajstić information content (AvgIpc) is 3.45.